The molecule has 5 N–H and O–H groups in total. The molecule has 0 aliphatic heterocycles. The highest BCUT2D eigenvalue weighted by atomic mass is 32.2. The van der Waals surface area contributed by atoms with Gasteiger partial charge in [0.05, 0.1) is 22.8 Å². The average Bonchev–Trinajstić information content (AvgIpc) is 2.83. The zero-order chi connectivity index (χ0) is 13.9. The molecule has 0 atom stereocenters. The molecule has 0 saturated heterocycles. The minimum absolute atomic E-state index is 0.00243. The third kappa shape index (κ3) is 3.46. The molecule has 0 fully saturated rings. The summed E-state index contributed by atoms with van der Waals surface area (Å²) in [7, 11) is -3.72. The first-order valence-electron chi connectivity index (χ1n) is 5.60. The van der Waals surface area contributed by atoms with Gasteiger partial charge < -0.3 is 11.1 Å². The number of hydrogen-bond donors (Lipinski definition) is 3. The van der Waals surface area contributed by atoms with Gasteiger partial charge in [0.25, 0.3) is 0 Å². The lowest BCUT2D eigenvalue weighted by molar-refractivity contribution is 0.598. The molecule has 19 heavy (non-hydrogen) atoms. The van der Waals surface area contributed by atoms with Gasteiger partial charge in [-0.3, -0.25) is 4.68 Å². The van der Waals surface area contributed by atoms with E-state index in [0.717, 1.165) is 0 Å². The number of sulfonamides is 1. The molecule has 0 unspecified atom stereocenters. The second kappa shape index (κ2) is 5.29. The van der Waals surface area contributed by atoms with Gasteiger partial charge in [0, 0.05) is 18.9 Å². The molecule has 0 amide bonds. The first-order chi connectivity index (χ1) is 8.97. The zero-order valence-corrected chi connectivity index (χ0v) is 11.0. The van der Waals surface area contributed by atoms with Crippen molar-refractivity contribution < 1.29 is 8.42 Å². The van der Waals surface area contributed by atoms with Crippen LogP contribution in [0.25, 0.3) is 0 Å². The summed E-state index contributed by atoms with van der Waals surface area (Å²) >= 11 is 0. The standard InChI is InChI=1S/C11H15N5O2S/c12-10-8-9(19(13,17)18)2-3-11(10)14-5-7-16-6-1-4-15-16/h1-4,6,8,14H,5,7,12H2,(H2,13,17,18). The molecule has 0 saturated carbocycles. The lowest BCUT2D eigenvalue weighted by Crippen LogP contribution is -2.14. The minimum Gasteiger partial charge on any atom is -0.397 e. The predicted octanol–water partition coefficient (Wildman–Crippen LogP) is 0.225. The first kappa shape index (κ1) is 13.4. The molecule has 2 rings (SSSR count). The number of aromatic nitrogens is 2. The van der Waals surface area contributed by atoms with Crippen LogP contribution in [-0.4, -0.2) is 24.7 Å². The molecule has 7 nitrogen and oxygen atoms in total. The summed E-state index contributed by atoms with van der Waals surface area (Å²) < 4.78 is 24.1. The Balaban J connectivity index is 2.01. The number of benzene rings is 1. The Labute approximate surface area is 111 Å². The lowest BCUT2D eigenvalue weighted by atomic mass is 10.2. The van der Waals surface area contributed by atoms with E-state index in [0.29, 0.717) is 24.5 Å². The summed E-state index contributed by atoms with van der Waals surface area (Å²) in [6, 6.07) is 6.20. The third-order valence-electron chi connectivity index (χ3n) is 2.57. The maximum atomic E-state index is 11.2. The maximum absolute atomic E-state index is 11.2. The Morgan fingerprint density at radius 2 is 2.16 bits per heavy atom. The van der Waals surface area contributed by atoms with Crippen LogP contribution in [0.2, 0.25) is 0 Å². The van der Waals surface area contributed by atoms with Gasteiger partial charge in [0.1, 0.15) is 0 Å². The van der Waals surface area contributed by atoms with Gasteiger partial charge in [-0.05, 0) is 24.3 Å². The Morgan fingerprint density at radius 3 is 2.74 bits per heavy atom. The number of nitrogen functional groups attached to an aromatic ring is 1. The predicted molar refractivity (Wildman–Crippen MR) is 72.9 cm³/mol. The second-order valence-electron chi connectivity index (χ2n) is 3.99. The van der Waals surface area contributed by atoms with Gasteiger partial charge in [-0.15, -0.1) is 0 Å². The Kier molecular flexibility index (Phi) is 3.72. The molecule has 2 aromatic rings. The van der Waals surface area contributed by atoms with Crippen molar-refractivity contribution in [3.8, 4) is 0 Å². The number of hydrogen-bond acceptors (Lipinski definition) is 5. The van der Waals surface area contributed by atoms with E-state index < -0.39 is 10.0 Å². The first-order valence-corrected chi connectivity index (χ1v) is 7.15. The average molecular weight is 281 g/mol. The van der Waals surface area contributed by atoms with E-state index in [1.807, 2.05) is 12.3 Å². The Morgan fingerprint density at radius 1 is 1.37 bits per heavy atom. The monoisotopic (exact) mass is 281 g/mol. The number of anilines is 2. The normalized spacial score (nSPS) is 11.4. The smallest absolute Gasteiger partial charge is 0.238 e. The van der Waals surface area contributed by atoms with Crippen LogP contribution in [0.1, 0.15) is 0 Å². The highest BCUT2D eigenvalue weighted by Crippen LogP contribution is 2.21. The van der Waals surface area contributed by atoms with Crippen LogP contribution in [0.5, 0.6) is 0 Å². The van der Waals surface area contributed by atoms with Crippen LogP contribution in [-0.2, 0) is 16.6 Å². The van der Waals surface area contributed by atoms with Gasteiger partial charge >= 0.3 is 0 Å². The second-order valence-corrected chi connectivity index (χ2v) is 5.55. The van der Waals surface area contributed by atoms with Crippen molar-refractivity contribution in [3.05, 3.63) is 36.7 Å². The van der Waals surface area contributed by atoms with Crippen LogP contribution in [0.15, 0.2) is 41.6 Å². The number of nitrogens with two attached hydrogens (primary N) is 2. The quantitative estimate of drug-likeness (QED) is 0.678. The SMILES string of the molecule is Nc1cc(S(N)(=O)=O)ccc1NCCn1cccn1. The fraction of sp³-hybridized carbons (Fsp3) is 0.182. The number of rotatable bonds is 5. The summed E-state index contributed by atoms with van der Waals surface area (Å²) in [5.41, 5.74) is 6.78. The molecule has 102 valence electrons. The molecular weight excluding hydrogens is 266 g/mol. The molecule has 0 aliphatic carbocycles. The minimum atomic E-state index is -3.72. The van der Waals surface area contributed by atoms with Gasteiger partial charge in [-0.2, -0.15) is 5.10 Å². The van der Waals surface area contributed by atoms with Crippen molar-refractivity contribution in [2.24, 2.45) is 5.14 Å². The number of nitrogens with one attached hydrogen (secondary N) is 1. The highest BCUT2D eigenvalue weighted by molar-refractivity contribution is 7.89. The summed E-state index contributed by atoms with van der Waals surface area (Å²) in [6.07, 6.45) is 3.56. The molecule has 1 aromatic heterocycles. The molecule has 0 spiro atoms. The van der Waals surface area contributed by atoms with E-state index in [9.17, 15) is 8.42 Å². The molecule has 1 aromatic carbocycles. The largest absolute Gasteiger partial charge is 0.397 e. The van der Waals surface area contributed by atoms with Crippen LogP contribution in [0, 0.1) is 0 Å². The molecular formula is C11H15N5O2S. The van der Waals surface area contributed by atoms with E-state index in [4.69, 9.17) is 10.9 Å². The Hall–Kier alpha value is -2.06. The summed E-state index contributed by atoms with van der Waals surface area (Å²) in [6.45, 7) is 1.31. The fourth-order valence-electron chi connectivity index (χ4n) is 1.62. The summed E-state index contributed by atoms with van der Waals surface area (Å²) in [4.78, 5) is 0.00243. The van der Waals surface area contributed by atoms with E-state index in [1.165, 1.54) is 12.1 Å². The van der Waals surface area contributed by atoms with Gasteiger partial charge in [0.2, 0.25) is 10.0 Å². The number of primary sulfonamides is 1. The molecule has 0 bridgehead atoms. The highest BCUT2D eigenvalue weighted by Gasteiger charge is 2.09. The molecule has 1 heterocycles. The van der Waals surface area contributed by atoms with Crippen molar-refractivity contribution in [1.82, 2.24) is 9.78 Å². The molecule has 8 heteroatoms. The maximum Gasteiger partial charge on any atom is 0.238 e. The number of nitrogens with zero attached hydrogens (tertiary/aromatic N) is 2. The van der Waals surface area contributed by atoms with E-state index in [2.05, 4.69) is 10.4 Å². The van der Waals surface area contributed by atoms with Crippen LogP contribution < -0.4 is 16.2 Å². The zero-order valence-electron chi connectivity index (χ0n) is 10.2. The summed E-state index contributed by atoms with van der Waals surface area (Å²) in [5, 5.41) is 12.2. The third-order valence-corrected chi connectivity index (χ3v) is 3.48. The Bertz CT molecular complexity index is 652. The molecule has 0 radical (unpaired) electrons. The van der Waals surface area contributed by atoms with Crippen molar-refractivity contribution in [2.45, 2.75) is 11.4 Å². The van der Waals surface area contributed by atoms with Gasteiger partial charge in [0.15, 0.2) is 0 Å². The van der Waals surface area contributed by atoms with Crippen LogP contribution in [0.3, 0.4) is 0 Å². The fourth-order valence-corrected chi connectivity index (χ4v) is 2.17. The lowest BCUT2D eigenvalue weighted by Gasteiger charge is -2.10. The van der Waals surface area contributed by atoms with Crippen molar-refractivity contribution in [3.63, 3.8) is 0 Å². The van der Waals surface area contributed by atoms with Crippen molar-refractivity contribution in [1.29, 1.82) is 0 Å². The van der Waals surface area contributed by atoms with Crippen molar-refractivity contribution in [2.75, 3.05) is 17.6 Å². The van der Waals surface area contributed by atoms with Crippen LogP contribution >= 0.6 is 0 Å². The van der Waals surface area contributed by atoms with E-state index in [-0.39, 0.29) is 4.90 Å². The van der Waals surface area contributed by atoms with Crippen LogP contribution in [0.4, 0.5) is 11.4 Å². The van der Waals surface area contributed by atoms with Crippen molar-refractivity contribution >= 4 is 21.4 Å². The van der Waals surface area contributed by atoms with E-state index in [1.54, 1.807) is 16.9 Å². The topological polar surface area (TPSA) is 116 Å². The molecule has 0 aliphatic rings. The van der Waals surface area contributed by atoms with Gasteiger partial charge in [-0.25, -0.2) is 13.6 Å². The van der Waals surface area contributed by atoms with E-state index >= 15 is 0 Å². The summed E-state index contributed by atoms with van der Waals surface area (Å²) in [5.74, 6) is 0. The van der Waals surface area contributed by atoms with Gasteiger partial charge in [-0.1, -0.05) is 0 Å².